The second-order valence-corrected chi connectivity index (χ2v) is 24.4. The van der Waals surface area contributed by atoms with Gasteiger partial charge in [-0.2, -0.15) is 15.5 Å². The minimum absolute atomic E-state index is 0.0560. The van der Waals surface area contributed by atoms with E-state index in [-0.39, 0.29) is 67.9 Å². The summed E-state index contributed by atoms with van der Waals surface area (Å²) in [5, 5.41) is 17.9. The highest BCUT2D eigenvalue weighted by molar-refractivity contribution is 9.10. The third kappa shape index (κ3) is 18.4. The minimum atomic E-state index is -1.58. The van der Waals surface area contributed by atoms with Crippen molar-refractivity contribution in [2.24, 2.45) is 23.7 Å². The standard InChI is InChI=1S/C61H83BrN10O12/c1-35(2)23-48-58(77)81-40(10)55(74)68(12)51(26-38(7)8)61(80)84-53(28-42-17-21-44(22-18-42)32-72-34-46(62)47(29-63)66-72)57(76)70(14)49(24-36(3)4)59(78)82-39(9)54(73)67(11)50(25-37(5)6)60(79)83-52(56(75)69(48)13)27-41-15-19-43(20-16-41)31-71-33-45(64)30-65-71/h15-22,30,33-40,48-53H,23-28,31-32,64H2,1-14H3/t39-,40-,48+,49+,50+,51+,52-,53-/m1/s1. The van der Waals surface area contributed by atoms with Crippen LogP contribution in [0.3, 0.4) is 0 Å². The number of hydrogen-bond donors (Lipinski definition) is 1. The summed E-state index contributed by atoms with van der Waals surface area (Å²) in [6.45, 7) is 18.1. The van der Waals surface area contributed by atoms with Gasteiger partial charge in [0.05, 0.1) is 29.4 Å². The Labute approximate surface area is 501 Å². The molecule has 0 bridgehead atoms. The fourth-order valence-corrected chi connectivity index (χ4v) is 10.3. The van der Waals surface area contributed by atoms with E-state index in [9.17, 15) is 34.0 Å². The van der Waals surface area contributed by atoms with E-state index >= 15 is 9.59 Å². The lowest BCUT2D eigenvalue weighted by molar-refractivity contribution is -0.176. The number of nitrogen functional groups attached to an aromatic ring is 1. The fraction of sp³-hybridized carbons (Fsp3) is 0.557. The molecular weight excluding hydrogens is 1140 g/mol. The summed E-state index contributed by atoms with van der Waals surface area (Å²) >= 11 is 3.34. The topological polar surface area (TPSA) is 272 Å². The number of amides is 4. The quantitative estimate of drug-likeness (QED) is 0.0943. The molecule has 1 fully saturated rings. The van der Waals surface area contributed by atoms with E-state index in [1.807, 2.05) is 73.6 Å². The van der Waals surface area contributed by atoms with Crippen molar-refractivity contribution in [3.05, 3.63) is 99.5 Å². The number of carbonyl (C=O) groups is 8. The molecule has 2 N–H and O–H groups in total. The van der Waals surface area contributed by atoms with E-state index in [1.54, 1.807) is 58.2 Å². The Balaban J connectivity index is 1.59. The lowest BCUT2D eigenvalue weighted by Gasteiger charge is -2.35. The van der Waals surface area contributed by atoms with Gasteiger partial charge < -0.3 is 44.3 Å². The molecule has 456 valence electrons. The molecule has 3 heterocycles. The molecule has 0 saturated carbocycles. The highest BCUT2D eigenvalue weighted by atomic mass is 79.9. The van der Waals surface area contributed by atoms with Crippen LogP contribution in [0.4, 0.5) is 5.69 Å². The molecule has 1 aliphatic rings. The predicted octanol–water partition coefficient (Wildman–Crippen LogP) is 6.37. The normalized spacial score (nSPS) is 22.6. The molecule has 0 spiro atoms. The molecule has 2 aromatic heterocycles. The Morgan fingerprint density at radius 1 is 0.512 bits per heavy atom. The van der Waals surface area contributed by atoms with Crippen LogP contribution in [0, 0.1) is 35.0 Å². The van der Waals surface area contributed by atoms with Crippen LogP contribution in [0.15, 0.2) is 71.6 Å². The number of ether oxygens (including phenoxy) is 4. The van der Waals surface area contributed by atoms with Gasteiger partial charge in [-0.3, -0.25) is 28.5 Å². The molecule has 1 saturated heterocycles. The van der Waals surface area contributed by atoms with Crippen molar-refractivity contribution in [2.45, 2.75) is 169 Å². The summed E-state index contributed by atoms with van der Waals surface area (Å²) < 4.78 is 28.0. The first-order valence-electron chi connectivity index (χ1n) is 28.4. The summed E-state index contributed by atoms with van der Waals surface area (Å²) in [7, 11) is 5.49. The minimum Gasteiger partial charge on any atom is -0.451 e. The van der Waals surface area contributed by atoms with Crippen molar-refractivity contribution in [1.29, 1.82) is 5.26 Å². The van der Waals surface area contributed by atoms with Crippen LogP contribution in [-0.2, 0) is 83.2 Å². The Morgan fingerprint density at radius 3 is 1.14 bits per heavy atom. The third-order valence-corrected chi connectivity index (χ3v) is 15.1. The SMILES string of the molecule is CC(C)C[C@H]1C(=O)O[C@H](Cc2ccc(Cn3cc(Br)c(C#N)n3)cc2)C(=O)N(C)[C@@H](CC(C)C)C(=O)O[C@H](C)C(=O)N(C)[C@@H](CC(C)C)C(=O)O[C@H](Cc2ccc(Cn3cc(N)cn3)cc2)C(=O)N(C)[C@@H](CC(C)C)C(=O)O[C@H](C)C(=O)N1C. The number of cyclic esters (lactones) is 4. The molecule has 1 aliphatic heterocycles. The first-order valence-corrected chi connectivity index (χ1v) is 29.2. The summed E-state index contributed by atoms with van der Waals surface area (Å²) in [6, 6.07) is 11.1. The first kappa shape index (κ1) is 67.2. The maximum absolute atomic E-state index is 15.0. The zero-order valence-corrected chi connectivity index (χ0v) is 52.4. The average molecular weight is 1230 g/mol. The van der Waals surface area contributed by atoms with Gasteiger partial charge in [0.1, 0.15) is 30.2 Å². The van der Waals surface area contributed by atoms with Crippen LogP contribution < -0.4 is 5.73 Å². The molecular formula is C61H83BrN10O12. The van der Waals surface area contributed by atoms with Crippen LogP contribution in [0.25, 0.3) is 0 Å². The molecule has 4 aromatic rings. The molecule has 0 aliphatic carbocycles. The lowest BCUT2D eigenvalue weighted by atomic mass is 9.99. The predicted molar refractivity (Wildman–Crippen MR) is 315 cm³/mol. The Kier molecular flexibility index (Phi) is 24.2. The Morgan fingerprint density at radius 2 is 0.833 bits per heavy atom. The summed E-state index contributed by atoms with van der Waals surface area (Å²) in [4.78, 5) is 122. The number of esters is 4. The number of nitrogens with zero attached hydrogens (tertiary/aromatic N) is 9. The van der Waals surface area contributed by atoms with Gasteiger partial charge in [-0.1, -0.05) is 104 Å². The summed E-state index contributed by atoms with van der Waals surface area (Å²) in [5.41, 5.74) is 9.40. The van der Waals surface area contributed by atoms with Crippen LogP contribution >= 0.6 is 15.9 Å². The number of hydrogen-bond acceptors (Lipinski definition) is 16. The van der Waals surface area contributed by atoms with Gasteiger partial charge in [-0.25, -0.2) is 19.2 Å². The maximum atomic E-state index is 15.0. The van der Waals surface area contributed by atoms with Gasteiger partial charge in [0.25, 0.3) is 23.6 Å². The van der Waals surface area contributed by atoms with Crippen LogP contribution in [0.2, 0.25) is 0 Å². The highest BCUT2D eigenvalue weighted by Crippen LogP contribution is 2.25. The zero-order chi connectivity index (χ0) is 62.4. The maximum Gasteiger partial charge on any atom is 0.329 e. The van der Waals surface area contributed by atoms with Gasteiger partial charge in [-0.05, 0) is 101 Å². The van der Waals surface area contributed by atoms with Gasteiger partial charge >= 0.3 is 23.9 Å². The number of anilines is 1. The number of halogens is 1. The van der Waals surface area contributed by atoms with E-state index < -0.39 is 96.1 Å². The van der Waals surface area contributed by atoms with Crippen molar-refractivity contribution in [2.75, 3.05) is 33.9 Å². The third-order valence-electron chi connectivity index (χ3n) is 14.5. The lowest BCUT2D eigenvalue weighted by Crippen LogP contribution is -2.55. The first-order chi connectivity index (χ1) is 39.5. The van der Waals surface area contributed by atoms with E-state index in [4.69, 9.17) is 24.7 Å². The van der Waals surface area contributed by atoms with Gasteiger partial charge in [0, 0.05) is 53.4 Å². The number of aromatic nitrogens is 4. The molecule has 5 rings (SSSR count). The van der Waals surface area contributed by atoms with Gasteiger partial charge in [-0.15, -0.1) is 0 Å². The molecule has 0 unspecified atom stereocenters. The second kappa shape index (κ2) is 30.3. The number of benzene rings is 2. The number of likely N-dealkylation sites (N-methyl/N-ethyl adjacent to an activating group) is 4. The molecule has 8 atom stereocenters. The molecule has 2 aromatic carbocycles. The largest absolute Gasteiger partial charge is 0.451 e. The molecule has 0 radical (unpaired) electrons. The molecule has 84 heavy (non-hydrogen) atoms. The van der Waals surface area contributed by atoms with E-state index in [2.05, 4.69) is 26.1 Å². The molecule has 4 amide bonds. The number of rotatable bonds is 16. The highest BCUT2D eigenvalue weighted by Gasteiger charge is 2.43. The monoisotopic (exact) mass is 1230 g/mol. The number of nitriles is 1. The zero-order valence-electron chi connectivity index (χ0n) is 50.8. The van der Waals surface area contributed by atoms with Crippen molar-refractivity contribution >= 4 is 69.1 Å². The van der Waals surface area contributed by atoms with Crippen molar-refractivity contribution in [3.8, 4) is 6.07 Å². The molecule has 22 nitrogen and oxygen atoms in total. The van der Waals surface area contributed by atoms with E-state index in [0.717, 1.165) is 30.7 Å². The Bertz CT molecular complexity index is 2970. The van der Waals surface area contributed by atoms with Gasteiger partial charge in [0.2, 0.25) is 0 Å². The van der Waals surface area contributed by atoms with Crippen LogP contribution in [-0.4, -0.2) is 163 Å². The number of nitrogens with two attached hydrogens (primary N) is 1. The summed E-state index contributed by atoms with van der Waals surface area (Å²) in [5.74, 6) is -7.72. The number of carbonyl (C=O) groups excluding carboxylic acids is 8. The molecule has 23 heteroatoms. The summed E-state index contributed by atoms with van der Waals surface area (Å²) in [6.07, 6.45) is -1.36. The van der Waals surface area contributed by atoms with Crippen molar-refractivity contribution < 1.29 is 57.3 Å². The van der Waals surface area contributed by atoms with E-state index in [1.165, 1.54) is 48.2 Å². The van der Waals surface area contributed by atoms with E-state index in [0.29, 0.717) is 34.4 Å². The van der Waals surface area contributed by atoms with Crippen LogP contribution in [0.5, 0.6) is 0 Å². The van der Waals surface area contributed by atoms with Crippen molar-refractivity contribution in [1.82, 2.24) is 39.2 Å². The fourth-order valence-electron chi connectivity index (χ4n) is 9.86. The average Bonchev–Trinajstić information content (AvgIpc) is 3.57. The van der Waals surface area contributed by atoms with Crippen LogP contribution in [0.1, 0.15) is 123 Å². The van der Waals surface area contributed by atoms with Gasteiger partial charge in [0.15, 0.2) is 30.1 Å². The Hall–Kier alpha value is -7.61. The van der Waals surface area contributed by atoms with Crippen molar-refractivity contribution in [3.63, 3.8) is 0 Å². The second-order valence-electron chi connectivity index (χ2n) is 23.5. The smallest absolute Gasteiger partial charge is 0.329 e.